The van der Waals surface area contributed by atoms with Crippen LogP contribution in [0, 0.1) is 6.92 Å². The van der Waals surface area contributed by atoms with Gasteiger partial charge in [0.1, 0.15) is 17.3 Å². The number of carbonyl (C=O) groups is 1. The first kappa shape index (κ1) is 22.6. The molecular formula is C23H26N2O5S. The number of benzene rings is 2. The number of amides is 1. The maximum absolute atomic E-state index is 12.6. The Bertz CT molecular complexity index is 1140. The topological polar surface area (TPSA) is 98.5 Å². The summed E-state index contributed by atoms with van der Waals surface area (Å²) in [5.41, 5.74) is 2.05. The molecule has 0 aliphatic heterocycles. The Kier molecular flexibility index (Phi) is 7.12. The van der Waals surface area contributed by atoms with E-state index in [0.717, 1.165) is 5.56 Å². The number of carbonyl (C=O) groups excluding carboxylic acids is 1. The summed E-state index contributed by atoms with van der Waals surface area (Å²) >= 11 is 0. The molecule has 0 saturated heterocycles. The number of nitrogens with one attached hydrogen (secondary N) is 1. The van der Waals surface area contributed by atoms with Crippen LogP contribution in [0.4, 0.5) is 0 Å². The first-order valence-corrected chi connectivity index (χ1v) is 11.7. The van der Waals surface area contributed by atoms with E-state index in [1.165, 1.54) is 0 Å². The summed E-state index contributed by atoms with van der Waals surface area (Å²) in [5, 5.41) is 2.71. The standard InChI is InChI=1S/C23H26N2O5S/c1-16(18-8-5-4-6-9-18)13-24-22(26)15-31(27,28)14-21-17(2)30-23(25-21)19-10-7-11-20(12-19)29-3/h4-12,16H,13-15H2,1-3H3,(H,24,26)/t16-/m0/s1. The number of ether oxygens (including phenoxy) is 1. The molecule has 3 aromatic rings. The molecule has 1 N–H and O–H groups in total. The van der Waals surface area contributed by atoms with Crippen molar-refractivity contribution in [1.29, 1.82) is 0 Å². The first-order valence-electron chi connectivity index (χ1n) is 9.90. The van der Waals surface area contributed by atoms with Crippen LogP contribution >= 0.6 is 0 Å². The van der Waals surface area contributed by atoms with Crippen molar-refractivity contribution in [2.24, 2.45) is 0 Å². The fourth-order valence-electron chi connectivity index (χ4n) is 3.12. The molecule has 2 aromatic carbocycles. The lowest BCUT2D eigenvalue weighted by molar-refractivity contribution is -0.118. The van der Waals surface area contributed by atoms with E-state index in [1.807, 2.05) is 37.3 Å². The second-order valence-corrected chi connectivity index (χ2v) is 9.47. The highest BCUT2D eigenvalue weighted by molar-refractivity contribution is 7.91. The van der Waals surface area contributed by atoms with E-state index in [-0.39, 0.29) is 11.7 Å². The van der Waals surface area contributed by atoms with Gasteiger partial charge in [-0.3, -0.25) is 4.79 Å². The maximum Gasteiger partial charge on any atom is 0.235 e. The molecular weight excluding hydrogens is 416 g/mol. The molecule has 8 heteroatoms. The summed E-state index contributed by atoms with van der Waals surface area (Å²) in [5.74, 6) is -0.0670. The highest BCUT2D eigenvalue weighted by Crippen LogP contribution is 2.26. The fraction of sp³-hybridized carbons (Fsp3) is 0.304. The lowest BCUT2D eigenvalue weighted by atomic mass is 10.0. The summed E-state index contributed by atoms with van der Waals surface area (Å²) in [6.45, 7) is 3.99. The minimum absolute atomic E-state index is 0.0797. The number of oxazole rings is 1. The third-order valence-corrected chi connectivity index (χ3v) is 6.31. The molecule has 0 radical (unpaired) electrons. The van der Waals surface area contributed by atoms with Crippen molar-refractivity contribution < 1.29 is 22.4 Å². The number of nitrogens with zero attached hydrogens (tertiary/aromatic N) is 1. The van der Waals surface area contributed by atoms with Crippen LogP contribution in [0.1, 0.15) is 29.9 Å². The van der Waals surface area contributed by atoms with Gasteiger partial charge in [-0.05, 0) is 36.6 Å². The molecule has 0 aliphatic carbocycles. The van der Waals surface area contributed by atoms with Crippen LogP contribution in [0.25, 0.3) is 11.5 Å². The quantitative estimate of drug-likeness (QED) is 0.545. The molecule has 7 nitrogen and oxygen atoms in total. The Balaban J connectivity index is 1.61. The Morgan fingerprint density at radius 1 is 1.16 bits per heavy atom. The van der Waals surface area contributed by atoms with Gasteiger partial charge in [-0.2, -0.15) is 0 Å². The van der Waals surface area contributed by atoms with Crippen LogP contribution in [0.15, 0.2) is 59.0 Å². The molecule has 1 atom stereocenters. The first-order chi connectivity index (χ1) is 14.8. The van der Waals surface area contributed by atoms with Gasteiger partial charge < -0.3 is 14.5 Å². The summed E-state index contributed by atoms with van der Waals surface area (Å²) in [4.78, 5) is 16.5. The normalized spacial score (nSPS) is 12.4. The van der Waals surface area contributed by atoms with E-state index in [2.05, 4.69) is 10.3 Å². The number of rotatable bonds is 9. The Hall–Kier alpha value is -3.13. The van der Waals surface area contributed by atoms with Crippen LogP contribution < -0.4 is 10.1 Å². The largest absolute Gasteiger partial charge is 0.497 e. The summed E-state index contributed by atoms with van der Waals surface area (Å²) in [6.07, 6.45) is 0. The molecule has 31 heavy (non-hydrogen) atoms. The summed E-state index contributed by atoms with van der Waals surface area (Å²) in [7, 11) is -2.15. The van der Waals surface area contributed by atoms with Crippen LogP contribution in [0.2, 0.25) is 0 Å². The molecule has 1 heterocycles. The molecule has 164 valence electrons. The SMILES string of the molecule is COc1cccc(-c2nc(CS(=O)(=O)CC(=O)NC[C@H](C)c3ccccc3)c(C)o2)c1. The number of sulfone groups is 1. The van der Waals surface area contributed by atoms with Crippen molar-refractivity contribution in [3.8, 4) is 17.2 Å². The van der Waals surface area contributed by atoms with Gasteiger partial charge in [-0.15, -0.1) is 0 Å². The van der Waals surface area contributed by atoms with Gasteiger partial charge in [0.15, 0.2) is 9.84 Å². The van der Waals surface area contributed by atoms with E-state index in [1.54, 1.807) is 38.3 Å². The van der Waals surface area contributed by atoms with E-state index in [4.69, 9.17) is 9.15 Å². The zero-order chi connectivity index (χ0) is 22.4. The Morgan fingerprint density at radius 3 is 2.61 bits per heavy atom. The second kappa shape index (κ2) is 9.78. The molecule has 3 rings (SSSR count). The van der Waals surface area contributed by atoms with Crippen molar-refractivity contribution in [1.82, 2.24) is 10.3 Å². The third-order valence-electron chi connectivity index (χ3n) is 4.89. The van der Waals surface area contributed by atoms with Gasteiger partial charge in [-0.1, -0.05) is 43.3 Å². The number of hydrogen-bond acceptors (Lipinski definition) is 6. The number of hydrogen-bond donors (Lipinski definition) is 1. The van der Waals surface area contributed by atoms with Crippen LogP contribution in [0.5, 0.6) is 5.75 Å². The number of methoxy groups -OCH3 is 1. The average Bonchev–Trinajstić information content (AvgIpc) is 3.11. The molecule has 1 amide bonds. The zero-order valence-corrected chi connectivity index (χ0v) is 18.6. The predicted octanol–water partition coefficient (Wildman–Crippen LogP) is 3.49. The van der Waals surface area contributed by atoms with Gasteiger partial charge in [0.25, 0.3) is 0 Å². The highest BCUT2D eigenvalue weighted by Gasteiger charge is 2.22. The Labute approximate surface area is 182 Å². The highest BCUT2D eigenvalue weighted by atomic mass is 32.2. The van der Waals surface area contributed by atoms with Crippen LogP contribution in [-0.2, 0) is 20.4 Å². The smallest absolute Gasteiger partial charge is 0.235 e. The number of aromatic nitrogens is 1. The van der Waals surface area contributed by atoms with Gasteiger partial charge in [-0.25, -0.2) is 13.4 Å². The molecule has 0 bridgehead atoms. The average molecular weight is 443 g/mol. The molecule has 1 aromatic heterocycles. The van der Waals surface area contributed by atoms with E-state index in [0.29, 0.717) is 35.2 Å². The van der Waals surface area contributed by atoms with Crippen molar-refractivity contribution >= 4 is 15.7 Å². The molecule has 0 aliphatic rings. The van der Waals surface area contributed by atoms with Gasteiger partial charge in [0.05, 0.1) is 18.6 Å². The fourth-order valence-corrected chi connectivity index (χ4v) is 4.41. The zero-order valence-electron chi connectivity index (χ0n) is 17.8. The number of aryl methyl sites for hydroxylation is 1. The molecule has 0 spiro atoms. The summed E-state index contributed by atoms with van der Waals surface area (Å²) < 4.78 is 36.0. The van der Waals surface area contributed by atoms with Crippen molar-refractivity contribution in [2.45, 2.75) is 25.5 Å². The minimum atomic E-state index is -3.71. The monoisotopic (exact) mass is 442 g/mol. The lowest BCUT2D eigenvalue weighted by Gasteiger charge is -2.13. The predicted molar refractivity (Wildman–Crippen MR) is 119 cm³/mol. The van der Waals surface area contributed by atoms with E-state index >= 15 is 0 Å². The lowest BCUT2D eigenvalue weighted by Crippen LogP contribution is -2.33. The molecule has 0 saturated carbocycles. The van der Waals surface area contributed by atoms with Gasteiger partial charge in [0, 0.05) is 12.1 Å². The summed E-state index contributed by atoms with van der Waals surface area (Å²) in [6, 6.07) is 16.9. The Morgan fingerprint density at radius 2 is 1.90 bits per heavy atom. The second-order valence-electron chi connectivity index (χ2n) is 7.40. The van der Waals surface area contributed by atoms with Crippen molar-refractivity contribution in [2.75, 3.05) is 19.4 Å². The minimum Gasteiger partial charge on any atom is -0.497 e. The molecule has 0 unspecified atom stereocenters. The van der Waals surface area contributed by atoms with Crippen LogP contribution in [0.3, 0.4) is 0 Å². The van der Waals surface area contributed by atoms with E-state index < -0.39 is 21.5 Å². The van der Waals surface area contributed by atoms with Crippen LogP contribution in [-0.4, -0.2) is 38.7 Å². The van der Waals surface area contributed by atoms with Crippen molar-refractivity contribution in [3.05, 3.63) is 71.6 Å². The maximum atomic E-state index is 12.6. The molecule has 0 fully saturated rings. The van der Waals surface area contributed by atoms with Crippen molar-refractivity contribution in [3.63, 3.8) is 0 Å². The van der Waals surface area contributed by atoms with Gasteiger partial charge in [0.2, 0.25) is 11.8 Å². The van der Waals surface area contributed by atoms with Gasteiger partial charge >= 0.3 is 0 Å². The third kappa shape index (κ3) is 6.18. The van der Waals surface area contributed by atoms with E-state index in [9.17, 15) is 13.2 Å².